The van der Waals surface area contributed by atoms with Gasteiger partial charge in [-0.3, -0.25) is 19.4 Å². The number of likely N-dealkylation sites (N-methyl/N-ethyl adjacent to an activating group) is 2. The second-order valence-electron chi connectivity index (χ2n) is 8.80. The van der Waals surface area contributed by atoms with E-state index in [2.05, 4.69) is 44.6 Å². The van der Waals surface area contributed by atoms with Crippen LogP contribution in [0.25, 0.3) is 0 Å². The van der Waals surface area contributed by atoms with Crippen LogP contribution < -0.4 is 16.0 Å². The maximum atomic E-state index is 12.0. The number of hydrogen-bond acceptors (Lipinski definition) is 5. The first-order valence-electron chi connectivity index (χ1n) is 11.9. The maximum absolute atomic E-state index is 12.0. The average Bonchev–Trinajstić information content (AvgIpc) is 3.22. The van der Waals surface area contributed by atoms with Gasteiger partial charge in [-0.05, 0) is 45.2 Å². The molecule has 2 saturated heterocycles. The third-order valence-corrected chi connectivity index (χ3v) is 6.15. The Hall–Kier alpha value is -1.87. The zero-order chi connectivity index (χ0) is 22.6. The van der Waals surface area contributed by atoms with Gasteiger partial charge in [-0.15, -0.1) is 0 Å². The Morgan fingerprint density at radius 2 is 1.81 bits per heavy atom. The topological polar surface area (TPSA) is 92.3 Å². The third kappa shape index (κ3) is 9.03. The van der Waals surface area contributed by atoms with Crippen LogP contribution in [-0.4, -0.2) is 111 Å². The zero-order valence-electron chi connectivity index (χ0n) is 20.0. The lowest BCUT2D eigenvalue weighted by Gasteiger charge is -2.33. The number of piperidine rings is 1. The van der Waals surface area contributed by atoms with Crippen LogP contribution in [0.15, 0.2) is 4.99 Å². The van der Waals surface area contributed by atoms with Crippen LogP contribution >= 0.6 is 0 Å². The number of nitrogens with zero attached hydrogens (tertiary/aromatic N) is 4. The standard InChI is InChI=1S/C22H43N7O2/c1-5-11-23-20(30)17-28-13-9-18(10-14-28)26-22(25-16-21(31)27(3)4)24-15-19-8-7-12-29(19)6-2/h18-19H,5-17H2,1-4H3,(H,23,30)(H2,24,25,26). The van der Waals surface area contributed by atoms with Crippen molar-refractivity contribution in [3.63, 3.8) is 0 Å². The smallest absolute Gasteiger partial charge is 0.243 e. The first-order valence-corrected chi connectivity index (χ1v) is 11.9. The van der Waals surface area contributed by atoms with E-state index in [4.69, 9.17) is 0 Å². The number of guanidine groups is 1. The van der Waals surface area contributed by atoms with Crippen molar-refractivity contribution in [1.82, 2.24) is 30.7 Å². The van der Waals surface area contributed by atoms with Crippen LogP contribution in [0.2, 0.25) is 0 Å². The molecule has 2 rings (SSSR count). The molecule has 31 heavy (non-hydrogen) atoms. The molecule has 2 aliphatic rings. The van der Waals surface area contributed by atoms with E-state index in [-0.39, 0.29) is 18.4 Å². The quantitative estimate of drug-likeness (QED) is 0.331. The second-order valence-corrected chi connectivity index (χ2v) is 8.80. The van der Waals surface area contributed by atoms with Crippen LogP contribution in [0.3, 0.4) is 0 Å². The van der Waals surface area contributed by atoms with Crippen molar-refractivity contribution in [3.05, 3.63) is 0 Å². The number of aliphatic imine (C=N–C) groups is 1. The lowest BCUT2D eigenvalue weighted by Crippen LogP contribution is -2.52. The second kappa shape index (κ2) is 13.5. The van der Waals surface area contributed by atoms with E-state index in [1.807, 2.05) is 0 Å². The Morgan fingerprint density at radius 3 is 2.45 bits per heavy atom. The fourth-order valence-corrected chi connectivity index (χ4v) is 4.15. The van der Waals surface area contributed by atoms with Gasteiger partial charge in [0.15, 0.2) is 5.96 Å². The van der Waals surface area contributed by atoms with Crippen LogP contribution in [0.1, 0.15) is 46.0 Å². The van der Waals surface area contributed by atoms with Gasteiger partial charge in [0.25, 0.3) is 0 Å². The molecule has 0 radical (unpaired) electrons. The van der Waals surface area contributed by atoms with E-state index in [9.17, 15) is 9.59 Å². The molecule has 2 heterocycles. The lowest BCUT2D eigenvalue weighted by molar-refractivity contribution is -0.127. The van der Waals surface area contributed by atoms with Gasteiger partial charge in [0.05, 0.1) is 6.54 Å². The monoisotopic (exact) mass is 437 g/mol. The van der Waals surface area contributed by atoms with Crippen molar-refractivity contribution >= 4 is 17.8 Å². The first-order chi connectivity index (χ1) is 14.9. The van der Waals surface area contributed by atoms with Crippen molar-refractivity contribution in [3.8, 4) is 0 Å². The Kier molecular flexibility index (Phi) is 11.1. The fraction of sp³-hybridized carbons (Fsp3) is 0.864. The largest absolute Gasteiger partial charge is 0.355 e. The minimum Gasteiger partial charge on any atom is -0.355 e. The normalized spacial score (nSPS) is 21.2. The summed E-state index contributed by atoms with van der Waals surface area (Å²) in [6.45, 7) is 10.4. The molecule has 1 atom stereocenters. The summed E-state index contributed by atoms with van der Waals surface area (Å²) >= 11 is 0. The Balaban J connectivity index is 1.85. The number of likely N-dealkylation sites (tertiary alicyclic amines) is 2. The number of nitrogens with one attached hydrogen (secondary N) is 3. The molecule has 2 amide bonds. The molecule has 1 unspecified atom stereocenters. The van der Waals surface area contributed by atoms with Crippen molar-refractivity contribution in [2.45, 2.75) is 58.0 Å². The summed E-state index contributed by atoms with van der Waals surface area (Å²) in [6.07, 6.45) is 5.30. The molecule has 0 aromatic rings. The predicted octanol–water partition coefficient (Wildman–Crippen LogP) is 0.0847. The predicted molar refractivity (Wildman–Crippen MR) is 125 cm³/mol. The third-order valence-electron chi connectivity index (χ3n) is 6.15. The Bertz CT molecular complexity index is 588. The van der Waals surface area contributed by atoms with Crippen molar-refractivity contribution < 1.29 is 9.59 Å². The van der Waals surface area contributed by atoms with Gasteiger partial charge in [0, 0.05) is 52.4 Å². The fourth-order valence-electron chi connectivity index (χ4n) is 4.15. The summed E-state index contributed by atoms with van der Waals surface area (Å²) in [4.78, 5) is 34.8. The first kappa shape index (κ1) is 25.4. The SMILES string of the molecule is CCCNC(=O)CN1CCC(NC(=NCC(=O)N(C)C)NCC2CCCN2CC)CC1. The van der Waals surface area contributed by atoms with E-state index in [0.29, 0.717) is 18.6 Å². The van der Waals surface area contributed by atoms with E-state index in [1.54, 1.807) is 19.0 Å². The molecule has 3 N–H and O–H groups in total. The highest BCUT2D eigenvalue weighted by atomic mass is 16.2. The summed E-state index contributed by atoms with van der Waals surface area (Å²) in [5.74, 6) is 0.818. The van der Waals surface area contributed by atoms with E-state index in [1.165, 1.54) is 12.8 Å². The molecule has 0 bridgehead atoms. The minimum absolute atomic E-state index is 0.00920. The van der Waals surface area contributed by atoms with Gasteiger partial charge >= 0.3 is 0 Å². The number of rotatable bonds is 10. The molecular formula is C22H43N7O2. The molecule has 0 aromatic carbocycles. The van der Waals surface area contributed by atoms with E-state index in [0.717, 1.165) is 64.5 Å². The van der Waals surface area contributed by atoms with Crippen LogP contribution in [0.5, 0.6) is 0 Å². The van der Waals surface area contributed by atoms with Crippen LogP contribution in [0, 0.1) is 0 Å². The van der Waals surface area contributed by atoms with Gasteiger partial charge in [-0.25, -0.2) is 4.99 Å². The number of carbonyl (C=O) groups excluding carboxylic acids is 2. The van der Waals surface area contributed by atoms with Crippen LogP contribution in [0.4, 0.5) is 0 Å². The highest BCUT2D eigenvalue weighted by Crippen LogP contribution is 2.15. The Labute approximate surface area is 188 Å². The van der Waals surface area contributed by atoms with Gasteiger partial charge in [0.2, 0.25) is 11.8 Å². The molecule has 2 aliphatic heterocycles. The number of amides is 2. The van der Waals surface area contributed by atoms with Crippen molar-refractivity contribution in [1.29, 1.82) is 0 Å². The van der Waals surface area contributed by atoms with E-state index >= 15 is 0 Å². The van der Waals surface area contributed by atoms with E-state index < -0.39 is 0 Å². The summed E-state index contributed by atoms with van der Waals surface area (Å²) in [6, 6.07) is 0.812. The Morgan fingerprint density at radius 1 is 1.06 bits per heavy atom. The summed E-state index contributed by atoms with van der Waals surface area (Å²) in [5.41, 5.74) is 0. The molecule has 0 aromatic heterocycles. The summed E-state index contributed by atoms with van der Waals surface area (Å²) in [5, 5.41) is 9.97. The zero-order valence-corrected chi connectivity index (χ0v) is 20.0. The van der Waals surface area contributed by atoms with Crippen molar-refractivity contribution in [2.24, 2.45) is 4.99 Å². The molecule has 0 aliphatic carbocycles. The van der Waals surface area contributed by atoms with Crippen LogP contribution in [-0.2, 0) is 9.59 Å². The summed E-state index contributed by atoms with van der Waals surface area (Å²) in [7, 11) is 3.50. The number of carbonyl (C=O) groups is 2. The molecule has 0 saturated carbocycles. The summed E-state index contributed by atoms with van der Waals surface area (Å²) < 4.78 is 0. The van der Waals surface area contributed by atoms with Crippen molar-refractivity contribution in [2.75, 3.05) is 66.5 Å². The maximum Gasteiger partial charge on any atom is 0.243 e. The highest BCUT2D eigenvalue weighted by Gasteiger charge is 2.25. The van der Waals surface area contributed by atoms with Gasteiger partial charge in [0.1, 0.15) is 6.54 Å². The van der Waals surface area contributed by atoms with Gasteiger partial charge < -0.3 is 20.9 Å². The molecule has 178 valence electrons. The molecule has 9 nitrogen and oxygen atoms in total. The highest BCUT2D eigenvalue weighted by molar-refractivity contribution is 5.85. The van der Waals surface area contributed by atoms with Gasteiger partial charge in [-0.2, -0.15) is 0 Å². The lowest BCUT2D eigenvalue weighted by atomic mass is 10.1. The average molecular weight is 438 g/mol. The number of hydrogen-bond donors (Lipinski definition) is 3. The molecule has 0 spiro atoms. The minimum atomic E-state index is -0.00920. The molecular weight excluding hydrogens is 394 g/mol. The van der Waals surface area contributed by atoms with Gasteiger partial charge in [-0.1, -0.05) is 13.8 Å². The molecule has 2 fully saturated rings. The molecule has 9 heteroatoms.